The smallest absolute Gasteiger partial charge is 0.292 e. The fourth-order valence-corrected chi connectivity index (χ4v) is 3.06. The van der Waals surface area contributed by atoms with E-state index in [-0.39, 0.29) is 18.2 Å². The molecule has 6 nitrogen and oxygen atoms in total. The third-order valence-corrected chi connectivity index (χ3v) is 3.94. The van der Waals surface area contributed by atoms with Gasteiger partial charge in [0.2, 0.25) is 0 Å². The van der Waals surface area contributed by atoms with Gasteiger partial charge in [-0.1, -0.05) is 31.5 Å². The zero-order valence-electron chi connectivity index (χ0n) is 14.7. The number of hydrogen-bond acceptors (Lipinski definition) is 4. The monoisotopic (exact) mass is 330 g/mol. The molecule has 128 valence electrons. The van der Waals surface area contributed by atoms with Crippen molar-refractivity contribution >= 4 is 23.6 Å². The van der Waals surface area contributed by atoms with Gasteiger partial charge in [-0.3, -0.25) is 19.3 Å². The van der Waals surface area contributed by atoms with Gasteiger partial charge in [0, 0.05) is 12.1 Å². The summed E-state index contributed by atoms with van der Waals surface area (Å²) in [4.78, 5) is 50.6. The second-order valence-corrected chi connectivity index (χ2v) is 6.68. The predicted octanol–water partition coefficient (Wildman–Crippen LogP) is 2.24. The third kappa shape index (κ3) is 3.22. The Morgan fingerprint density at radius 3 is 1.96 bits per heavy atom. The molecule has 1 fully saturated rings. The van der Waals surface area contributed by atoms with Crippen LogP contribution in [0.15, 0.2) is 12.1 Å². The summed E-state index contributed by atoms with van der Waals surface area (Å²) < 4.78 is 0. The van der Waals surface area contributed by atoms with Gasteiger partial charge in [0.05, 0.1) is 6.54 Å². The van der Waals surface area contributed by atoms with Gasteiger partial charge in [0.25, 0.3) is 0 Å². The van der Waals surface area contributed by atoms with E-state index in [1.165, 1.54) is 0 Å². The van der Waals surface area contributed by atoms with Crippen molar-refractivity contribution in [3.05, 3.63) is 34.4 Å². The van der Waals surface area contributed by atoms with Crippen LogP contribution in [0.1, 0.15) is 40.9 Å². The van der Waals surface area contributed by atoms with Crippen LogP contribution in [0.2, 0.25) is 0 Å². The van der Waals surface area contributed by atoms with Crippen LogP contribution in [0.5, 0.6) is 0 Å². The summed E-state index contributed by atoms with van der Waals surface area (Å²) in [6.45, 7) is 9.01. The minimum atomic E-state index is -0.934. The molecule has 0 N–H and O–H groups in total. The van der Waals surface area contributed by atoms with Gasteiger partial charge in [-0.05, 0) is 37.8 Å². The van der Waals surface area contributed by atoms with Crippen LogP contribution in [0, 0.1) is 26.7 Å². The normalized spacial score (nSPS) is 15.0. The van der Waals surface area contributed by atoms with Crippen molar-refractivity contribution < 1.29 is 19.2 Å². The maximum Gasteiger partial charge on any atom is 0.334 e. The molecule has 4 amide bonds. The van der Waals surface area contributed by atoms with Crippen molar-refractivity contribution in [2.45, 2.75) is 34.6 Å². The minimum Gasteiger partial charge on any atom is -0.292 e. The Kier molecular flexibility index (Phi) is 4.87. The van der Waals surface area contributed by atoms with Crippen LogP contribution in [0.25, 0.3) is 0 Å². The van der Waals surface area contributed by atoms with Crippen molar-refractivity contribution in [3.63, 3.8) is 0 Å². The first-order valence-electron chi connectivity index (χ1n) is 7.91. The first-order valence-corrected chi connectivity index (χ1v) is 7.91. The quantitative estimate of drug-likeness (QED) is 0.471. The summed E-state index contributed by atoms with van der Waals surface area (Å²) in [6.07, 6.45) is 0. The lowest BCUT2D eigenvalue weighted by molar-refractivity contribution is -0.143. The SMILES string of the molecule is Cc1cc(C)c(C(=O)CN2C(=O)C(=O)N(CC(C)C)C2=O)c(C)c1. The Morgan fingerprint density at radius 2 is 1.46 bits per heavy atom. The zero-order chi connectivity index (χ0) is 18.2. The number of carbonyl (C=O) groups excluding carboxylic acids is 4. The maximum absolute atomic E-state index is 12.6. The highest BCUT2D eigenvalue weighted by atomic mass is 16.2. The molecule has 2 rings (SSSR count). The number of urea groups is 1. The van der Waals surface area contributed by atoms with E-state index in [0.717, 1.165) is 26.5 Å². The molecule has 1 heterocycles. The highest BCUT2D eigenvalue weighted by Crippen LogP contribution is 2.20. The number of Topliss-reactive ketones (excluding diaryl/α,β-unsaturated/α-hetero) is 1. The second kappa shape index (κ2) is 6.55. The predicted molar refractivity (Wildman–Crippen MR) is 88.6 cm³/mol. The van der Waals surface area contributed by atoms with Gasteiger partial charge in [-0.15, -0.1) is 0 Å². The molecule has 0 unspecified atom stereocenters. The summed E-state index contributed by atoms with van der Waals surface area (Å²) in [7, 11) is 0. The average Bonchev–Trinajstić information content (AvgIpc) is 2.63. The molecular weight excluding hydrogens is 308 g/mol. The summed E-state index contributed by atoms with van der Waals surface area (Å²) in [5.74, 6) is -2.09. The van der Waals surface area contributed by atoms with E-state index in [9.17, 15) is 19.2 Å². The minimum absolute atomic E-state index is 0.0444. The Hall–Kier alpha value is -2.50. The molecule has 0 radical (unpaired) electrons. The number of carbonyl (C=O) groups is 4. The molecule has 0 bridgehead atoms. The molecule has 24 heavy (non-hydrogen) atoms. The van der Waals surface area contributed by atoms with Crippen LogP contribution >= 0.6 is 0 Å². The van der Waals surface area contributed by atoms with Crippen LogP contribution in [0.3, 0.4) is 0 Å². The van der Waals surface area contributed by atoms with E-state index in [1.807, 2.05) is 46.8 Å². The van der Waals surface area contributed by atoms with Crippen molar-refractivity contribution in [3.8, 4) is 0 Å². The van der Waals surface area contributed by atoms with Crippen LogP contribution < -0.4 is 0 Å². The lowest BCUT2D eigenvalue weighted by atomic mass is 9.96. The second-order valence-electron chi connectivity index (χ2n) is 6.68. The summed E-state index contributed by atoms with van der Waals surface area (Å²) >= 11 is 0. The van der Waals surface area contributed by atoms with Gasteiger partial charge in [-0.25, -0.2) is 9.69 Å². The molecule has 1 aliphatic heterocycles. The van der Waals surface area contributed by atoms with Crippen molar-refractivity contribution in [1.82, 2.24) is 9.80 Å². The van der Waals surface area contributed by atoms with Crippen molar-refractivity contribution in [2.75, 3.05) is 13.1 Å². The number of benzene rings is 1. The molecule has 0 aliphatic carbocycles. The molecule has 0 spiro atoms. The first-order chi connectivity index (χ1) is 11.1. The fraction of sp³-hybridized carbons (Fsp3) is 0.444. The van der Waals surface area contributed by atoms with Crippen LogP contribution in [0.4, 0.5) is 4.79 Å². The van der Waals surface area contributed by atoms with Gasteiger partial charge in [-0.2, -0.15) is 0 Å². The third-order valence-electron chi connectivity index (χ3n) is 3.94. The largest absolute Gasteiger partial charge is 0.334 e. The topological polar surface area (TPSA) is 74.8 Å². The van der Waals surface area contributed by atoms with Gasteiger partial charge < -0.3 is 0 Å². The van der Waals surface area contributed by atoms with E-state index in [2.05, 4.69) is 0 Å². The number of nitrogens with zero attached hydrogens (tertiary/aromatic N) is 2. The van der Waals surface area contributed by atoms with Gasteiger partial charge >= 0.3 is 17.8 Å². The molecule has 1 aliphatic rings. The van der Waals surface area contributed by atoms with E-state index in [1.54, 1.807) is 0 Å². The average molecular weight is 330 g/mol. The highest BCUT2D eigenvalue weighted by molar-refractivity contribution is 6.45. The lowest BCUT2D eigenvalue weighted by Crippen LogP contribution is -2.38. The van der Waals surface area contributed by atoms with Gasteiger partial charge in [0.1, 0.15) is 0 Å². The molecule has 1 aromatic rings. The standard InChI is InChI=1S/C18H22N2O4/c1-10(2)8-19-16(22)17(23)20(18(19)24)9-14(21)15-12(4)6-11(3)7-13(15)5/h6-7,10H,8-9H2,1-5H3. The Labute approximate surface area is 141 Å². The molecule has 1 aromatic carbocycles. The van der Waals surface area contributed by atoms with Crippen LogP contribution in [-0.4, -0.2) is 46.5 Å². The number of imide groups is 2. The highest BCUT2D eigenvalue weighted by Gasteiger charge is 2.45. The Bertz CT molecular complexity index is 714. The van der Waals surface area contributed by atoms with Crippen LogP contribution in [-0.2, 0) is 9.59 Å². The Morgan fingerprint density at radius 1 is 0.958 bits per heavy atom. The number of hydrogen-bond donors (Lipinski definition) is 0. The molecule has 1 saturated heterocycles. The summed E-state index contributed by atoms with van der Waals surface area (Å²) in [5.41, 5.74) is 3.12. The number of amides is 4. The molecule has 6 heteroatoms. The molecular formula is C18H22N2O4. The number of aryl methyl sites for hydroxylation is 3. The fourth-order valence-electron chi connectivity index (χ4n) is 3.06. The van der Waals surface area contributed by atoms with Gasteiger partial charge in [0.15, 0.2) is 5.78 Å². The zero-order valence-corrected chi connectivity index (χ0v) is 14.7. The maximum atomic E-state index is 12.6. The molecule has 0 atom stereocenters. The summed E-state index contributed by atoms with van der Waals surface area (Å²) in [6, 6.07) is 3.04. The molecule has 0 saturated carbocycles. The van der Waals surface area contributed by atoms with E-state index in [0.29, 0.717) is 5.56 Å². The van der Waals surface area contributed by atoms with E-state index in [4.69, 9.17) is 0 Å². The molecule has 0 aromatic heterocycles. The van der Waals surface area contributed by atoms with E-state index < -0.39 is 24.4 Å². The lowest BCUT2D eigenvalue weighted by Gasteiger charge is -2.17. The number of ketones is 1. The summed E-state index contributed by atoms with van der Waals surface area (Å²) in [5, 5.41) is 0. The van der Waals surface area contributed by atoms with Crippen molar-refractivity contribution in [2.24, 2.45) is 5.92 Å². The van der Waals surface area contributed by atoms with E-state index >= 15 is 0 Å². The van der Waals surface area contributed by atoms with Crippen molar-refractivity contribution in [1.29, 1.82) is 0 Å². The number of rotatable bonds is 5. The Balaban J connectivity index is 2.25. The first kappa shape index (κ1) is 17.8.